The number of fused-ring (bicyclic) bond motifs is 1. The van der Waals surface area contributed by atoms with Gasteiger partial charge in [0.05, 0.1) is 30.2 Å². The summed E-state index contributed by atoms with van der Waals surface area (Å²) in [5.74, 6) is 0.626. The van der Waals surface area contributed by atoms with Crippen LogP contribution in [0.5, 0.6) is 0 Å². The maximum Gasteiger partial charge on any atom is 0.259 e. The van der Waals surface area contributed by atoms with Gasteiger partial charge in [-0.3, -0.25) is 9.69 Å². The summed E-state index contributed by atoms with van der Waals surface area (Å²) >= 11 is 1.55. The minimum absolute atomic E-state index is 0.0906. The van der Waals surface area contributed by atoms with Crippen molar-refractivity contribution in [2.24, 2.45) is 0 Å². The van der Waals surface area contributed by atoms with Gasteiger partial charge < -0.3 is 14.8 Å². The Labute approximate surface area is 159 Å². The van der Waals surface area contributed by atoms with Gasteiger partial charge in [0.1, 0.15) is 10.7 Å². The summed E-state index contributed by atoms with van der Waals surface area (Å²) in [5, 5.41) is 11.0. The zero-order valence-electron chi connectivity index (χ0n) is 16.8. The van der Waals surface area contributed by atoms with Crippen LogP contribution in [-0.4, -0.2) is 50.9 Å². The smallest absolute Gasteiger partial charge is 0.259 e. The lowest BCUT2D eigenvalue weighted by Gasteiger charge is -2.29. The standard InChI is InChI=1S/C19H31N3O3S/c1-11(2)22(8-14(23)10-25-19(5,6)7)9-15-20-17(24)16-12(3)13(4)26-18(16)21-15/h11,14,23H,8-10H2,1-7H3,(H,20,21,24). The second-order valence-electron chi connectivity index (χ2n) is 8.08. The molecule has 2 rings (SSSR count). The third-order valence-corrected chi connectivity index (χ3v) is 5.43. The first-order valence-corrected chi connectivity index (χ1v) is 9.84. The number of hydrogen-bond donors (Lipinski definition) is 2. The van der Waals surface area contributed by atoms with Gasteiger partial charge in [-0.2, -0.15) is 0 Å². The molecule has 0 aromatic carbocycles. The molecular weight excluding hydrogens is 350 g/mol. The van der Waals surface area contributed by atoms with Crippen LogP contribution in [0.15, 0.2) is 4.79 Å². The highest BCUT2D eigenvalue weighted by atomic mass is 32.1. The summed E-state index contributed by atoms with van der Waals surface area (Å²) in [5.41, 5.74) is 0.629. The quantitative estimate of drug-likeness (QED) is 0.771. The first kappa shape index (κ1) is 21.0. The molecule has 0 saturated carbocycles. The maximum absolute atomic E-state index is 12.4. The molecule has 2 aromatic rings. The Morgan fingerprint density at radius 2 is 1.96 bits per heavy atom. The van der Waals surface area contributed by atoms with Gasteiger partial charge in [-0.15, -0.1) is 11.3 Å². The Balaban J connectivity index is 2.15. The van der Waals surface area contributed by atoms with Crippen molar-refractivity contribution in [3.8, 4) is 0 Å². The van der Waals surface area contributed by atoms with Gasteiger partial charge in [0, 0.05) is 17.5 Å². The van der Waals surface area contributed by atoms with Crippen LogP contribution in [0.25, 0.3) is 10.2 Å². The van der Waals surface area contributed by atoms with Gasteiger partial charge in [-0.25, -0.2) is 4.98 Å². The van der Waals surface area contributed by atoms with Gasteiger partial charge >= 0.3 is 0 Å². The van der Waals surface area contributed by atoms with E-state index in [4.69, 9.17) is 4.74 Å². The third-order valence-electron chi connectivity index (χ3n) is 4.33. The van der Waals surface area contributed by atoms with Gasteiger partial charge in [-0.05, 0) is 54.0 Å². The molecule has 7 heteroatoms. The van der Waals surface area contributed by atoms with Crippen LogP contribution in [0, 0.1) is 13.8 Å². The molecule has 1 atom stereocenters. The van der Waals surface area contributed by atoms with E-state index in [1.807, 2.05) is 34.6 Å². The van der Waals surface area contributed by atoms with Crippen molar-refractivity contribution in [3.05, 3.63) is 26.6 Å². The van der Waals surface area contributed by atoms with Crippen LogP contribution in [-0.2, 0) is 11.3 Å². The molecule has 0 amide bonds. The number of aliphatic hydroxyl groups excluding tert-OH is 1. The summed E-state index contributed by atoms with van der Waals surface area (Å²) in [4.78, 5) is 24.0. The van der Waals surface area contributed by atoms with Crippen LogP contribution in [0.2, 0.25) is 0 Å². The van der Waals surface area contributed by atoms with Crippen molar-refractivity contribution < 1.29 is 9.84 Å². The number of aliphatic hydroxyl groups is 1. The highest BCUT2D eigenvalue weighted by molar-refractivity contribution is 7.18. The fourth-order valence-corrected chi connectivity index (χ4v) is 3.74. The Bertz CT molecular complexity index is 805. The number of thiophene rings is 1. The number of ether oxygens (including phenoxy) is 1. The molecule has 0 aliphatic rings. The van der Waals surface area contributed by atoms with Crippen molar-refractivity contribution in [2.45, 2.75) is 72.8 Å². The Morgan fingerprint density at radius 3 is 2.54 bits per heavy atom. The Kier molecular flexibility index (Phi) is 6.60. The number of nitrogens with zero attached hydrogens (tertiary/aromatic N) is 2. The van der Waals surface area contributed by atoms with E-state index in [-0.39, 0.29) is 23.8 Å². The number of H-pyrrole nitrogens is 1. The molecule has 2 aromatic heterocycles. The summed E-state index contributed by atoms with van der Waals surface area (Å²) in [6, 6.07) is 0.201. The summed E-state index contributed by atoms with van der Waals surface area (Å²) in [6.45, 7) is 15.2. The van der Waals surface area contributed by atoms with Gasteiger partial charge in [0.25, 0.3) is 5.56 Å². The van der Waals surface area contributed by atoms with E-state index in [9.17, 15) is 9.90 Å². The van der Waals surface area contributed by atoms with E-state index in [0.29, 0.717) is 24.3 Å². The molecule has 2 heterocycles. The highest BCUT2D eigenvalue weighted by Crippen LogP contribution is 2.25. The fourth-order valence-electron chi connectivity index (χ4n) is 2.69. The number of hydrogen-bond acceptors (Lipinski definition) is 6. The van der Waals surface area contributed by atoms with Crippen LogP contribution in [0.3, 0.4) is 0 Å². The maximum atomic E-state index is 12.4. The van der Waals surface area contributed by atoms with Crippen LogP contribution < -0.4 is 5.56 Å². The fraction of sp³-hybridized carbons (Fsp3) is 0.684. The lowest BCUT2D eigenvalue weighted by Crippen LogP contribution is -2.40. The molecule has 6 nitrogen and oxygen atoms in total. The number of aromatic amines is 1. The Morgan fingerprint density at radius 1 is 1.31 bits per heavy atom. The van der Waals surface area contributed by atoms with E-state index < -0.39 is 6.10 Å². The van der Waals surface area contributed by atoms with E-state index in [1.54, 1.807) is 11.3 Å². The molecular formula is C19H31N3O3S. The van der Waals surface area contributed by atoms with E-state index in [2.05, 4.69) is 28.7 Å². The van der Waals surface area contributed by atoms with Crippen molar-refractivity contribution in [1.82, 2.24) is 14.9 Å². The average Bonchev–Trinajstić information content (AvgIpc) is 2.79. The molecule has 26 heavy (non-hydrogen) atoms. The lowest BCUT2D eigenvalue weighted by molar-refractivity contribution is -0.0588. The molecule has 0 aliphatic heterocycles. The van der Waals surface area contributed by atoms with E-state index in [0.717, 1.165) is 15.3 Å². The minimum atomic E-state index is -0.599. The van der Waals surface area contributed by atoms with Crippen molar-refractivity contribution in [2.75, 3.05) is 13.2 Å². The summed E-state index contributed by atoms with van der Waals surface area (Å²) < 4.78 is 5.67. The van der Waals surface area contributed by atoms with Gasteiger partial charge in [-0.1, -0.05) is 0 Å². The topological polar surface area (TPSA) is 78.5 Å². The predicted octanol–water partition coefficient (Wildman–Crippen LogP) is 2.99. The first-order chi connectivity index (χ1) is 12.0. The molecule has 1 unspecified atom stereocenters. The van der Waals surface area contributed by atoms with Gasteiger partial charge in [0.2, 0.25) is 0 Å². The second-order valence-corrected chi connectivity index (χ2v) is 9.28. The van der Waals surface area contributed by atoms with Crippen molar-refractivity contribution >= 4 is 21.6 Å². The normalized spacial score (nSPS) is 13.9. The second kappa shape index (κ2) is 8.17. The van der Waals surface area contributed by atoms with Crippen molar-refractivity contribution in [1.29, 1.82) is 0 Å². The molecule has 0 saturated heterocycles. The van der Waals surface area contributed by atoms with Crippen LogP contribution in [0.4, 0.5) is 0 Å². The monoisotopic (exact) mass is 381 g/mol. The van der Waals surface area contributed by atoms with Gasteiger partial charge in [0.15, 0.2) is 0 Å². The van der Waals surface area contributed by atoms with Crippen molar-refractivity contribution in [3.63, 3.8) is 0 Å². The molecule has 0 fully saturated rings. The minimum Gasteiger partial charge on any atom is -0.389 e. The highest BCUT2D eigenvalue weighted by Gasteiger charge is 2.20. The van der Waals surface area contributed by atoms with Crippen LogP contribution >= 0.6 is 11.3 Å². The molecule has 0 aliphatic carbocycles. The molecule has 2 N–H and O–H groups in total. The number of aryl methyl sites for hydroxylation is 2. The number of rotatable bonds is 7. The Hall–Kier alpha value is -1.28. The zero-order valence-corrected chi connectivity index (χ0v) is 17.7. The molecule has 0 spiro atoms. The zero-order chi connectivity index (χ0) is 19.6. The number of nitrogens with one attached hydrogen (secondary N) is 1. The predicted molar refractivity (Wildman–Crippen MR) is 107 cm³/mol. The SMILES string of the molecule is Cc1sc2nc(CN(CC(O)COC(C)(C)C)C(C)C)[nH]c(=O)c2c1C. The number of aromatic nitrogens is 2. The van der Waals surface area contributed by atoms with E-state index >= 15 is 0 Å². The van der Waals surface area contributed by atoms with Crippen LogP contribution in [0.1, 0.15) is 50.9 Å². The average molecular weight is 382 g/mol. The lowest BCUT2D eigenvalue weighted by atomic mass is 10.2. The summed E-state index contributed by atoms with van der Waals surface area (Å²) in [7, 11) is 0. The molecule has 0 bridgehead atoms. The largest absolute Gasteiger partial charge is 0.389 e. The molecule has 0 radical (unpaired) electrons. The van der Waals surface area contributed by atoms with E-state index in [1.165, 1.54) is 0 Å². The third kappa shape index (κ3) is 5.36. The first-order valence-electron chi connectivity index (χ1n) is 9.03. The molecule has 146 valence electrons. The summed E-state index contributed by atoms with van der Waals surface area (Å²) in [6.07, 6.45) is -0.599.